The first-order valence-electron chi connectivity index (χ1n) is 9.28. The van der Waals surface area contributed by atoms with Gasteiger partial charge in [-0.15, -0.1) is 0 Å². The number of benzene rings is 1. The number of nitrogen functional groups attached to an aromatic ring is 1. The van der Waals surface area contributed by atoms with E-state index in [0.29, 0.717) is 5.82 Å². The van der Waals surface area contributed by atoms with Gasteiger partial charge >= 0.3 is 0 Å². The van der Waals surface area contributed by atoms with E-state index in [1.54, 1.807) is 0 Å². The summed E-state index contributed by atoms with van der Waals surface area (Å²) in [5.74, 6) is 0.561. The topological polar surface area (TPSA) is 75.6 Å². The summed E-state index contributed by atoms with van der Waals surface area (Å²) in [4.78, 5) is 8.77. The van der Waals surface area contributed by atoms with Gasteiger partial charge in [-0.05, 0) is 92.1 Å². The highest BCUT2D eigenvalue weighted by molar-refractivity contribution is 5.38. The number of hydrogen-bond acceptors (Lipinski definition) is 4. The van der Waals surface area contributed by atoms with Gasteiger partial charge in [0.1, 0.15) is 5.82 Å². The van der Waals surface area contributed by atoms with Crippen LogP contribution in [0.1, 0.15) is 40.1 Å². The summed E-state index contributed by atoms with van der Waals surface area (Å²) in [5.41, 5.74) is 12.2. The molecular formula is C23H24N4. The molecule has 136 valence electrons. The number of rotatable bonds is 7. The Kier molecular flexibility index (Phi) is 6.17. The molecule has 0 aliphatic heterocycles. The summed E-state index contributed by atoms with van der Waals surface area (Å²) in [6.07, 6.45) is 6.39. The van der Waals surface area contributed by atoms with Crippen molar-refractivity contribution in [3.05, 3.63) is 88.4 Å². The molecule has 3 aromatic rings. The highest BCUT2D eigenvalue weighted by Crippen LogP contribution is 2.16. The van der Waals surface area contributed by atoms with Crippen LogP contribution in [-0.4, -0.2) is 9.97 Å². The molecule has 0 radical (unpaired) electrons. The maximum atomic E-state index is 9.36. The summed E-state index contributed by atoms with van der Waals surface area (Å²) in [6, 6.07) is 18.4. The molecule has 4 heteroatoms. The normalized spacial score (nSPS) is 10.5. The molecule has 2 heterocycles. The molecule has 0 spiro atoms. The summed E-state index contributed by atoms with van der Waals surface area (Å²) < 4.78 is 0. The van der Waals surface area contributed by atoms with Crippen molar-refractivity contribution in [2.45, 2.75) is 39.0 Å². The summed E-state index contributed by atoms with van der Waals surface area (Å²) in [7, 11) is 0. The highest BCUT2D eigenvalue weighted by Gasteiger charge is 2.05. The number of anilines is 1. The van der Waals surface area contributed by atoms with Gasteiger partial charge in [-0.25, -0.2) is 4.98 Å². The average Bonchev–Trinajstić information content (AvgIpc) is 2.66. The van der Waals surface area contributed by atoms with Crippen LogP contribution in [0.5, 0.6) is 0 Å². The fourth-order valence-corrected chi connectivity index (χ4v) is 3.30. The maximum absolute atomic E-state index is 9.36. The first-order chi connectivity index (χ1) is 13.1. The number of hydrogen-bond donors (Lipinski definition) is 1. The molecule has 2 N–H and O–H groups in total. The van der Waals surface area contributed by atoms with Crippen molar-refractivity contribution in [3.8, 4) is 6.07 Å². The Morgan fingerprint density at radius 3 is 2.44 bits per heavy atom. The van der Waals surface area contributed by atoms with Gasteiger partial charge in [-0.3, -0.25) is 4.98 Å². The third-order valence-corrected chi connectivity index (χ3v) is 4.52. The van der Waals surface area contributed by atoms with Crippen LogP contribution in [0, 0.1) is 18.3 Å². The zero-order valence-corrected chi connectivity index (χ0v) is 15.7. The molecule has 3 rings (SSSR count). The van der Waals surface area contributed by atoms with Gasteiger partial charge in [0.2, 0.25) is 0 Å². The second-order valence-corrected chi connectivity index (χ2v) is 6.89. The Morgan fingerprint density at radius 1 is 0.926 bits per heavy atom. The Hall–Kier alpha value is -3.19. The molecule has 0 atom stereocenters. The van der Waals surface area contributed by atoms with E-state index in [1.165, 1.54) is 11.1 Å². The Morgan fingerprint density at radius 2 is 1.74 bits per heavy atom. The zero-order chi connectivity index (χ0) is 19.1. The minimum Gasteiger partial charge on any atom is -0.384 e. The number of aromatic nitrogens is 2. The van der Waals surface area contributed by atoms with Gasteiger partial charge in [0.05, 0.1) is 11.6 Å². The van der Waals surface area contributed by atoms with E-state index in [4.69, 9.17) is 5.73 Å². The van der Waals surface area contributed by atoms with Crippen LogP contribution < -0.4 is 5.73 Å². The zero-order valence-electron chi connectivity index (χ0n) is 15.7. The van der Waals surface area contributed by atoms with E-state index >= 15 is 0 Å². The van der Waals surface area contributed by atoms with Crippen molar-refractivity contribution in [2.24, 2.45) is 0 Å². The minimum atomic E-state index is 0.561. The molecule has 1 aromatic carbocycles. The predicted octanol–water partition coefficient (Wildman–Crippen LogP) is 4.20. The van der Waals surface area contributed by atoms with Crippen LogP contribution in [0.2, 0.25) is 0 Å². The number of nitrogens with zero attached hydrogens (tertiary/aromatic N) is 3. The smallest absolute Gasteiger partial charge is 0.123 e. The van der Waals surface area contributed by atoms with Crippen molar-refractivity contribution in [2.75, 3.05) is 5.73 Å². The van der Waals surface area contributed by atoms with Crippen molar-refractivity contribution >= 4 is 5.82 Å². The number of nitrogens with two attached hydrogens (primary N) is 1. The Labute approximate surface area is 160 Å². The summed E-state index contributed by atoms with van der Waals surface area (Å²) in [6.45, 7) is 2.03. The first kappa shape index (κ1) is 18.6. The molecule has 4 nitrogen and oxygen atoms in total. The van der Waals surface area contributed by atoms with E-state index in [-0.39, 0.29) is 0 Å². The maximum Gasteiger partial charge on any atom is 0.123 e. The number of nitriles is 1. The van der Waals surface area contributed by atoms with E-state index in [9.17, 15) is 5.26 Å². The van der Waals surface area contributed by atoms with Crippen LogP contribution in [0.4, 0.5) is 5.82 Å². The SMILES string of the molecule is Cc1cc(N)nc(CCc2cc(C#N)cc(CCCc3ccccn3)c2)c1. The standard InChI is InChI=1S/C23H24N4/c1-17-11-22(27-23(25)12-17)9-8-19-13-18(14-20(15-19)16-24)5-4-7-21-6-2-3-10-26-21/h2-3,6,10-15H,4-5,7-9H2,1H3,(H2,25,27). The van der Waals surface area contributed by atoms with Crippen LogP contribution in [0.3, 0.4) is 0 Å². The van der Waals surface area contributed by atoms with Crippen LogP contribution in [0.25, 0.3) is 0 Å². The molecule has 27 heavy (non-hydrogen) atoms. The quantitative estimate of drug-likeness (QED) is 0.688. The largest absolute Gasteiger partial charge is 0.384 e. The molecule has 0 aliphatic carbocycles. The van der Waals surface area contributed by atoms with Crippen molar-refractivity contribution < 1.29 is 0 Å². The third-order valence-electron chi connectivity index (χ3n) is 4.52. The molecule has 0 saturated carbocycles. The van der Waals surface area contributed by atoms with Gasteiger partial charge in [0.25, 0.3) is 0 Å². The Balaban J connectivity index is 1.65. The monoisotopic (exact) mass is 356 g/mol. The predicted molar refractivity (Wildman–Crippen MR) is 108 cm³/mol. The fraction of sp³-hybridized carbons (Fsp3) is 0.261. The lowest BCUT2D eigenvalue weighted by Gasteiger charge is -2.08. The minimum absolute atomic E-state index is 0.561. The van der Waals surface area contributed by atoms with Gasteiger partial charge in [-0.1, -0.05) is 12.1 Å². The van der Waals surface area contributed by atoms with E-state index in [2.05, 4.69) is 34.2 Å². The second-order valence-electron chi connectivity index (χ2n) is 6.89. The highest BCUT2D eigenvalue weighted by atomic mass is 14.8. The van der Waals surface area contributed by atoms with Crippen molar-refractivity contribution in [3.63, 3.8) is 0 Å². The van der Waals surface area contributed by atoms with Crippen LogP contribution in [-0.2, 0) is 25.7 Å². The Bertz CT molecular complexity index is 922. The van der Waals surface area contributed by atoms with Gasteiger partial charge in [-0.2, -0.15) is 5.26 Å². The van der Waals surface area contributed by atoms with Gasteiger partial charge in [0.15, 0.2) is 0 Å². The summed E-state index contributed by atoms with van der Waals surface area (Å²) >= 11 is 0. The first-order valence-corrected chi connectivity index (χ1v) is 9.28. The molecule has 0 bridgehead atoms. The molecular weight excluding hydrogens is 332 g/mol. The molecule has 0 unspecified atom stereocenters. The lowest BCUT2D eigenvalue weighted by Crippen LogP contribution is -2.00. The van der Waals surface area contributed by atoms with E-state index in [1.807, 2.05) is 43.5 Å². The fourth-order valence-electron chi connectivity index (χ4n) is 3.30. The van der Waals surface area contributed by atoms with E-state index < -0.39 is 0 Å². The lowest BCUT2D eigenvalue weighted by molar-refractivity contribution is 0.796. The third kappa shape index (κ3) is 5.65. The number of pyridine rings is 2. The van der Waals surface area contributed by atoms with Gasteiger partial charge in [0, 0.05) is 17.6 Å². The molecule has 2 aromatic heterocycles. The van der Waals surface area contributed by atoms with Crippen LogP contribution >= 0.6 is 0 Å². The molecule has 0 saturated heterocycles. The number of aryl methyl sites for hydroxylation is 5. The second kappa shape index (κ2) is 8.95. The van der Waals surface area contributed by atoms with E-state index in [0.717, 1.165) is 54.6 Å². The average molecular weight is 356 g/mol. The molecule has 0 amide bonds. The van der Waals surface area contributed by atoms with Gasteiger partial charge < -0.3 is 5.73 Å². The molecule has 0 fully saturated rings. The van der Waals surface area contributed by atoms with Crippen LogP contribution in [0.15, 0.2) is 54.7 Å². The van der Waals surface area contributed by atoms with Crippen molar-refractivity contribution in [1.29, 1.82) is 5.26 Å². The lowest BCUT2D eigenvalue weighted by atomic mass is 9.98. The van der Waals surface area contributed by atoms with Crippen molar-refractivity contribution in [1.82, 2.24) is 9.97 Å². The molecule has 0 aliphatic rings. The summed E-state index contributed by atoms with van der Waals surface area (Å²) in [5, 5.41) is 9.36.